The van der Waals surface area contributed by atoms with Crippen LogP contribution < -0.4 is 0 Å². The minimum atomic E-state index is -4.22. The van der Waals surface area contributed by atoms with Crippen molar-refractivity contribution in [3.63, 3.8) is 0 Å². The molecule has 0 aliphatic heterocycles. The zero-order valence-electron chi connectivity index (χ0n) is 8.68. The largest absolute Gasteiger partial charge is 0.396 e. The lowest BCUT2D eigenvalue weighted by Gasteiger charge is -2.17. The van der Waals surface area contributed by atoms with Gasteiger partial charge < -0.3 is 10.0 Å². The van der Waals surface area contributed by atoms with Crippen LogP contribution in [0, 0.1) is 0 Å². The maximum atomic E-state index is 11.8. The highest BCUT2D eigenvalue weighted by Gasteiger charge is 2.27. The number of halogens is 3. The van der Waals surface area contributed by atoms with E-state index in [1.807, 2.05) is 0 Å². The first-order chi connectivity index (χ1) is 6.87. The van der Waals surface area contributed by atoms with Crippen molar-refractivity contribution >= 4 is 5.91 Å². The Labute approximate surface area is 86.9 Å². The molecule has 15 heavy (non-hydrogen) atoms. The molecule has 90 valence electrons. The number of hydrogen-bond donors (Lipinski definition) is 1. The molecule has 0 aromatic heterocycles. The van der Waals surface area contributed by atoms with Crippen LogP contribution >= 0.6 is 0 Å². The molecule has 0 bridgehead atoms. The summed E-state index contributed by atoms with van der Waals surface area (Å²) < 4.78 is 35.4. The molecule has 0 saturated heterocycles. The molecule has 0 unspecified atom stereocenters. The minimum Gasteiger partial charge on any atom is -0.396 e. The SMILES string of the molecule is CN(CCC(F)(F)F)C(=O)CCCCO. The van der Waals surface area contributed by atoms with Gasteiger partial charge in [-0.05, 0) is 12.8 Å². The molecule has 0 aromatic carbocycles. The van der Waals surface area contributed by atoms with Crippen molar-refractivity contribution in [2.75, 3.05) is 20.2 Å². The second-order valence-electron chi connectivity index (χ2n) is 3.36. The standard InChI is InChI=1S/C9H16F3NO2/c1-13(6-5-9(10,11)12)8(15)4-2-3-7-14/h14H,2-7H2,1H3. The fourth-order valence-corrected chi connectivity index (χ4v) is 0.998. The van der Waals surface area contributed by atoms with E-state index in [-0.39, 0.29) is 25.5 Å². The summed E-state index contributed by atoms with van der Waals surface area (Å²) in [7, 11) is 1.35. The first kappa shape index (κ1) is 14.2. The summed E-state index contributed by atoms with van der Waals surface area (Å²) in [5.41, 5.74) is 0. The third kappa shape index (κ3) is 8.23. The van der Waals surface area contributed by atoms with Crippen molar-refractivity contribution in [3.8, 4) is 0 Å². The quantitative estimate of drug-likeness (QED) is 0.699. The molecule has 1 N–H and O–H groups in total. The fourth-order valence-electron chi connectivity index (χ4n) is 0.998. The van der Waals surface area contributed by atoms with Crippen molar-refractivity contribution in [1.29, 1.82) is 0 Å². The van der Waals surface area contributed by atoms with E-state index in [0.29, 0.717) is 12.8 Å². The Kier molecular flexibility index (Phi) is 6.31. The predicted octanol–water partition coefficient (Wildman–Crippen LogP) is 1.56. The van der Waals surface area contributed by atoms with Crippen LogP contribution in [-0.2, 0) is 4.79 Å². The number of carbonyl (C=O) groups excluding carboxylic acids is 1. The second-order valence-corrected chi connectivity index (χ2v) is 3.36. The average Bonchev–Trinajstić information content (AvgIpc) is 2.13. The third-order valence-electron chi connectivity index (χ3n) is 1.96. The van der Waals surface area contributed by atoms with Crippen molar-refractivity contribution in [2.24, 2.45) is 0 Å². The molecule has 0 atom stereocenters. The second kappa shape index (κ2) is 6.66. The summed E-state index contributed by atoms with van der Waals surface area (Å²) >= 11 is 0. The Morgan fingerprint density at radius 2 is 1.93 bits per heavy atom. The molecular formula is C9H16F3NO2. The predicted molar refractivity (Wildman–Crippen MR) is 49.2 cm³/mol. The molecule has 1 amide bonds. The maximum absolute atomic E-state index is 11.8. The van der Waals surface area contributed by atoms with Crippen LogP contribution in [0.3, 0.4) is 0 Å². The molecule has 0 saturated carbocycles. The maximum Gasteiger partial charge on any atom is 0.390 e. The molecule has 0 radical (unpaired) electrons. The van der Waals surface area contributed by atoms with E-state index in [4.69, 9.17) is 5.11 Å². The summed E-state index contributed by atoms with van der Waals surface area (Å²) in [6, 6.07) is 0. The first-order valence-corrected chi connectivity index (χ1v) is 4.78. The first-order valence-electron chi connectivity index (χ1n) is 4.78. The van der Waals surface area contributed by atoms with Crippen LogP contribution in [0.1, 0.15) is 25.7 Å². The smallest absolute Gasteiger partial charge is 0.390 e. The molecule has 6 heteroatoms. The highest BCUT2D eigenvalue weighted by Crippen LogP contribution is 2.19. The van der Waals surface area contributed by atoms with Gasteiger partial charge in [0.2, 0.25) is 5.91 Å². The Bertz CT molecular complexity index is 194. The van der Waals surface area contributed by atoms with Crippen molar-refractivity contribution in [2.45, 2.75) is 31.9 Å². The van der Waals surface area contributed by atoms with Gasteiger partial charge in [-0.15, -0.1) is 0 Å². The molecule has 0 spiro atoms. The number of carbonyl (C=O) groups is 1. The fraction of sp³-hybridized carbons (Fsp3) is 0.889. The van der Waals surface area contributed by atoms with E-state index >= 15 is 0 Å². The summed E-state index contributed by atoms with van der Waals surface area (Å²) in [6.45, 7) is -0.305. The molecule has 0 rings (SSSR count). The van der Waals surface area contributed by atoms with Crippen LogP contribution in [0.15, 0.2) is 0 Å². The summed E-state index contributed by atoms with van der Waals surface area (Å²) in [4.78, 5) is 12.3. The van der Waals surface area contributed by atoms with E-state index in [1.165, 1.54) is 7.05 Å². The van der Waals surface area contributed by atoms with Gasteiger partial charge in [-0.3, -0.25) is 4.79 Å². The van der Waals surface area contributed by atoms with Crippen molar-refractivity contribution in [3.05, 3.63) is 0 Å². The number of aliphatic hydroxyl groups is 1. The molecular weight excluding hydrogens is 211 g/mol. The van der Waals surface area contributed by atoms with Gasteiger partial charge in [-0.25, -0.2) is 0 Å². The highest BCUT2D eigenvalue weighted by atomic mass is 19.4. The Morgan fingerprint density at radius 3 is 2.40 bits per heavy atom. The lowest BCUT2D eigenvalue weighted by molar-refractivity contribution is -0.144. The molecule has 3 nitrogen and oxygen atoms in total. The molecule has 0 fully saturated rings. The number of aliphatic hydroxyl groups excluding tert-OH is 1. The molecule has 0 aliphatic carbocycles. The Balaban J connectivity index is 3.70. The van der Waals surface area contributed by atoms with E-state index in [1.54, 1.807) is 0 Å². The number of alkyl halides is 3. The normalized spacial score (nSPS) is 11.5. The van der Waals surface area contributed by atoms with Crippen LogP contribution in [0.4, 0.5) is 13.2 Å². The summed E-state index contributed by atoms with van der Waals surface area (Å²) in [5.74, 6) is -0.312. The van der Waals surface area contributed by atoms with Gasteiger partial charge in [0.25, 0.3) is 0 Å². The number of nitrogens with zero attached hydrogens (tertiary/aromatic N) is 1. The number of hydrogen-bond acceptors (Lipinski definition) is 2. The number of amides is 1. The van der Waals surface area contributed by atoms with Gasteiger partial charge in [0.15, 0.2) is 0 Å². The van der Waals surface area contributed by atoms with E-state index < -0.39 is 12.6 Å². The van der Waals surface area contributed by atoms with E-state index in [9.17, 15) is 18.0 Å². The third-order valence-corrected chi connectivity index (χ3v) is 1.96. The monoisotopic (exact) mass is 227 g/mol. The molecule has 0 aliphatic rings. The zero-order valence-corrected chi connectivity index (χ0v) is 8.68. The number of rotatable bonds is 6. The molecule has 0 aromatic rings. The highest BCUT2D eigenvalue weighted by molar-refractivity contribution is 5.75. The average molecular weight is 227 g/mol. The topological polar surface area (TPSA) is 40.5 Å². The Hall–Kier alpha value is -0.780. The molecule has 0 heterocycles. The van der Waals surface area contributed by atoms with Gasteiger partial charge in [0, 0.05) is 26.6 Å². The van der Waals surface area contributed by atoms with Crippen LogP contribution in [0.25, 0.3) is 0 Å². The lowest BCUT2D eigenvalue weighted by atomic mass is 10.2. The van der Waals surface area contributed by atoms with Gasteiger partial charge >= 0.3 is 6.18 Å². The zero-order chi connectivity index (χ0) is 11.9. The van der Waals surface area contributed by atoms with Crippen molar-refractivity contribution < 1.29 is 23.1 Å². The number of unbranched alkanes of at least 4 members (excludes halogenated alkanes) is 1. The van der Waals surface area contributed by atoms with Crippen LogP contribution in [0.5, 0.6) is 0 Å². The Morgan fingerprint density at radius 1 is 1.33 bits per heavy atom. The van der Waals surface area contributed by atoms with Gasteiger partial charge in [-0.2, -0.15) is 13.2 Å². The summed E-state index contributed by atoms with van der Waals surface area (Å²) in [5, 5.41) is 8.45. The van der Waals surface area contributed by atoms with Crippen LogP contribution in [0.2, 0.25) is 0 Å². The van der Waals surface area contributed by atoms with Gasteiger partial charge in [-0.1, -0.05) is 0 Å². The summed E-state index contributed by atoms with van der Waals surface area (Å²) in [6.07, 6.45) is -4.01. The minimum absolute atomic E-state index is 0.000451. The lowest BCUT2D eigenvalue weighted by Crippen LogP contribution is -2.30. The van der Waals surface area contributed by atoms with Gasteiger partial charge in [0.05, 0.1) is 6.42 Å². The van der Waals surface area contributed by atoms with Gasteiger partial charge in [0.1, 0.15) is 0 Å². The van der Waals surface area contributed by atoms with E-state index in [0.717, 1.165) is 4.90 Å². The van der Waals surface area contributed by atoms with Crippen molar-refractivity contribution in [1.82, 2.24) is 4.90 Å². The van der Waals surface area contributed by atoms with E-state index in [2.05, 4.69) is 0 Å². The van der Waals surface area contributed by atoms with Crippen LogP contribution in [-0.4, -0.2) is 42.3 Å².